The summed E-state index contributed by atoms with van der Waals surface area (Å²) in [6.45, 7) is 4.56. The van der Waals surface area contributed by atoms with E-state index in [1.807, 2.05) is 20.1 Å². The van der Waals surface area contributed by atoms with E-state index in [1.54, 1.807) is 4.57 Å². The molecule has 2 aromatic heterocycles. The van der Waals surface area contributed by atoms with Crippen molar-refractivity contribution in [3.63, 3.8) is 0 Å². The molecule has 0 fully saturated rings. The molecule has 0 spiro atoms. The molecule has 0 saturated carbocycles. The summed E-state index contributed by atoms with van der Waals surface area (Å²) < 4.78 is 1.62. The van der Waals surface area contributed by atoms with Crippen molar-refractivity contribution in [2.24, 2.45) is 0 Å². The van der Waals surface area contributed by atoms with Crippen LogP contribution in [-0.4, -0.2) is 25.8 Å². The monoisotopic (exact) mass is 238 g/mol. The first kappa shape index (κ1) is 11.2. The van der Waals surface area contributed by atoms with E-state index >= 15 is 0 Å². The predicted octanol–water partition coefficient (Wildman–Crippen LogP) is 1.56. The zero-order chi connectivity index (χ0) is 11.7. The second kappa shape index (κ2) is 4.29. The number of aromatic amines is 1. The first-order valence-electron chi connectivity index (χ1n) is 5.18. The molecule has 0 aliphatic heterocycles. The van der Waals surface area contributed by atoms with E-state index in [1.165, 1.54) is 11.8 Å². The maximum atomic E-state index is 11.8. The summed E-state index contributed by atoms with van der Waals surface area (Å²) in [5.74, 6) is 0.808. The number of nitrogens with zero attached hydrogens (tertiary/aromatic N) is 3. The standard InChI is InChI=1S/C10H14N4OS/c1-4-5-14-8-7(11-6(2)12-8)9(16-3)13-10(14)15/h4-5H2,1-3H3,(H,11,12). The van der Waals surface area contributed by atoms with Crippen LogP contribution in [0.5, 0.6) is 0 Å². The number of aromatic nitrogens is 4. The van der Waals surface area contributed by atoms with Crippen LogP contribution in [0.4, 0.5) is 0 Å². The summed E-state index contributed by atoms with van der Waals surface area (Å²) in [6, 6.07) is 0. The van der Waals surface area contributed by atoms with Crippen molar-refractivity contribution in [1.29, 1.82) is 0 Å². The van der Waals surface area contributed by atoms with Crippen LogP contribution in [0.15, 0.2) is 9.82 Å². The van der Waals surface area contributed by atoms with Gasteiger partial charge in [-0.25, -0.2) is 9.78 Å². The Morgan fingerprint density at radius 2 is 2.19 bits per heavy atom. The third-order valence-electron chi connectivity index (χ3n) is 2.34. The number of thioether (sulfide) groups is 1. The van der Waals surface area contributed by atoms with Crippen LogP contribution in [0, 0.1) is 6.92 Å². The van der Waals surface area contributed by atoms with Crippen LogP contribution >= 0.6 is 11.8 Å². The van der Waals surface area contributed by atoms with E-state index in [-0.39, 0.29) is 5.69 Å². The number of imidazole rings is 1. The van der Waals surface area contributed by atoms with Crippen LogP contribution < -0.4 is 5.69 Å². The Kier molecular flexibility index (Phi) is 3.00. The van der Waals surface area contributed by atoms with Crippen molar-refractivity contribution in [3.05, 3.63) is 16.3 Å². The number of fused-ring (bicyclic) bond motifs is 1. The Balaban J connectivity index is 2.80. The van der Waals surface area contributed by atoms with Crippen molar-refractivity contribution in [1.82, 2.24) is 19.5 Å². The highest BCUT2D eigenvalue weighted by Gasteiger charge is 2.12. The molecule has 2 aromatic rings. The fraction of sp³-hybridized carbons (Fsp3) is 0.500. The van der Waals surface area contributed by atoms with E-state index in [0.717, 1.165) is 17.8 Å². The third kappa shape index (κ3) is 1.73. The summed E-state index contributed by atoms with van der Waals surface area (Å²) in [5, 5.41) is 0.716. The summed E-state index contributed by atoms with van der Waals surface area (Å²) in [7, 11) is 0. The Morgan fingerprint density at radius 3 is 2.81 bits per heavy atom. The van der Waals surface area contributed by atoms with Gasteiger partial charge in [0.05, 0.1) is 0 Å². The third-order valence-corrected chi connectivity index (χ3v) is 3.02. The summed E-state index contributed by atoms with van der Waals surface area (Å²) in [5.41, 5.74) is 1.35. The second-order valence-corrected chi connectivity index (χ2v) is 4.37. The average molecular weight is 238 g/mol. The Bertz CT molecular complexity index is 572. The Morgan fingerprint density at radius 1 is 1.44 bits per heavy atom. The van der Waals surface area contributed by atoms with Crippen molar-refractivity contribution in [2.45, 2.75) is 31.8 Å². The minimum absolute atomic E-state index is 0.217. The average Bonchev–Trinajstić information content (AvgIpc) is 2.63. The molecule has 5 nitrogen and oxygen atoms in total. The maximum absolute atomic E-state index is 11.8. The minimum Gasteiger partial charge on any atom is -0.339 e. The topological polar surface area (TPSA) is 63.6 Å². The van der Waals surface area contributed by atoms with Crippen LogP contribution in [0.1, 0.15) is 19.2 Å². The van der Waals surface area contributed by atoms with Crippen LogP contribution in [0.2, 0.25) is 0 Å². The molecule has 0 atom stereocenters. The number of aryl methyl sites for hydroxylation is 2. The second-order valence-electron chi connectivity index (χ2n) is 3.58. The number of H-pyrrole nitrogens is 1. The van der Waals surface area contributed by atoms with Gasteiger partial charge in [-0.15, -0.1) is 11.8 Å². The molecular formula is C10H14N4OS. The molecule has 0 saturated heterocycles. The molecule has 6 heteroatoms. The Labute approximate surface area is 97.3 Å². The molecule has 0 aliphatic rings. The molecule has 0 amide bonds. The minimum atomic E-state index is -0.217. The molecule has 86 valence electrons. The molecule has 0 aliphatic carbocycles. The molecule has 0 radical (unpaired) electrons. The summed E-state index contributed by atoms with van der Waals surface area (Å²) in [4.78, 5) is 23.4. The number of hydrogen-bond acceptors (Lipinski definition) is 4. The van der Waals surface area contributed by atoms with E-state index in [4.69, 9.17) is 0 Å². The first-order valence-corrected chi connectivity index (χ1v) is 6.41. The molecular weight excluding hydrogens is 224 g/mol. The number of rotatable bonds is 3. The van der Waals surface area contributed by atoms with Crippen LogP contribution in [0.3, 0.4) is 0 Å². The van der Waals surface area contributed by atoms with Gasteiger partial charge in [-0.2, -0.15) is 4.98 Å². The molecule has 1 N–H and O–H groups in total. The van der Waals surface area contributed by atoms with Crippen molar-refractivity contribution >= 4 is 22.9 Å². The van der Waals surface area contributed by atoms with E-state index in [9.17, 15) is 4.79 Å². The fourth-order valence-electron chi connectivity index (χ4n) is 1.69. The van der Waals surface area contributed by atoms with Gasteiger partial charge >= 0.3 is 5.69 Å². The van der Waals surface area contributed by atoms with Gasteiger partial charge in [0.25, 0.3) is 0 Å². The largest absolute Gasteiger partial charge is 0.350 e. The van der Waals surface area contributed by atoms with Gasteiger partial charge in [-0.3, -0.25) is 4.57 Å². The predicted molar refractivity (Wildman–Crippen MR) is 65.0 cm³/mol. The first-order chi connectivity index (χ1) is 7.67. The van der Waals surface area contributed by atoms with Gasteiger partial charge in [0, 0.05) is 6.54 Å². The lowest BCUT2D eigenvalue weighted by molar-refractivity contribution is 0.648. The van der Waals surface area contributed by atoms with Gasteiger partial charge in [0.2, 0.25) is 0 Å². The quantitative estimate of drug-likeness (QED) is 0.651. The smallest absolute Gasteiger partial charge is 0.339 e. The highest BCUT2D eigenvalue weighted by molar-refractivity contribution is 7.98. The van der Waals surface area contributed by atoms with Gasteiger partial charge in [-0.05, 0) is 19.6 Å². The highest BCUT2D eigenvalue weighted by Crippen LogP contribution is 2.20. The maximum Gasteiger partial charge on any atom is 0.350 e. The fourth-order valence-corrected chi connectivity index (χ4v) is 2.21. The van der Waals surface area contributed by atoms with Crippen molar-refractivity contribution in [2.75, 3.05) is 6.26 Å². The molecule has 0 aromatic carbocycles. The van der Waals surface area contributed by atoms with Gasteiger partial charge in [-0.1, -0.05) is 6.92 Å². The molecule has 2 rings (SSSR count). The molecule has 2 heterocycles. The number of hydrogen-bond donors (Lipinski definition) is 1. The highest BCUT2D eigenvalue weighted by atomic mass is 32.2. The van der Waals surface area contributed by atoms with Gasteiger partial charge in [0.1, 0.15) is 16.4 Å². The molecule has 0 bridgehead atoms. The number of nitrogens with one attached hydrogen (secondary N) is 1. The Hall–Kier alpha value is -1.30. The van der Waals surface area contributed by atoms with Gasteiger partial charge < -0.3 is 4.98 Å². The van der Waals surface area contributed by atoms with Crippen molar-refractivity contribution < 1.29 is 0 Å². The summed E-state index contributed by atoms with van der Waals surface area (Å²) in [6.07, 6.45) is 2.79. The van der Waals surface area contributed by atoms with E-state index in [2.05, 4.69) is 15.0 Å². The normalized spacial score (nSPS) is 11.2. The van der Waals surface area contributed by atoms with E-state index < -0.39 is 0 Å². The SMILES string of the molecule is CCCn1c(=O)nc(SC)c2[nH]c(C)nc21. The van der Waals surface area contributed by atoms with Crippen molar-refractivity contribution in [3.8, 4) is 0 Å². The lowest BCUT2D eigenvalue weighted by Crippen LogP contribution is -2.24. The van der Waals surface area contributed by atoms with Crippen LogP contribution in [-0.2, 0) is 6.54 Å². The molecule has 16 heavy (non-hydrogen) atoms. The lowest BCUT2D eigenvalue weighted by Gasteiger charge is -2.05. The zero-order valence-electron chi connectivity index (χ0n) is 9.57. The van der Waals surface area contributed by atoms with Gasteiger partial charge in [0.15, 0.2) is 5.65 Å². The summed E-state index contributed by atoms with van der Waals surface area (Å²) >= 11 is 1.46. The zero-order valence-corrected chi connectivity index (χ0v) is 10.4. The molecule has 0 unspecified atom stereocenters. The van der Waals surface area contributed by atoms with E-state index in [0.29, 0.717) is 17.2 Å². The van der Waals surface area contributed by atoms with Crippen LogP contribution in [0.25, 0.3) is 11.2 Å². The lowest BCUT2D eigenvalue weighted by atomic mass is 10.4.